The lowest BCUT2D eigenvalue weighted by molar-refractivity contribution is 0.0777. The highest BCUT2D eigenvalue weighted by molar-refractivity contribution is 5.99. The molecular formula is C16H13N3O2. The molecule has 0 fully saturated rings. The van der Waals surface area contributed by atoms with Gasteiger partial charge in [0.05, 0.1) is 12.0 Å². The lowest BCUT2D eigenvalue weighted by atomic mass is 10.0. The number of hydrogen-bond donors (Lipinski definition) is 1. The van der Waals surface area contributed by atoms with E-state index in [4.69, 9.17) is 4.42 Å². The minimum absolute atomic E-state index is 0.0684. The van der Waals surface area contributed by atoms with Crippen molar-refractivity contribution >= 4 is 5.91 Å². The molecule has 0 radical (unpaired) electrons. The predicted octanol–water partition coefficient (Wildman–Crippen LogP) is 2.84. The van der Waals surface area contributed by atoms with Gasteiger partial charge in [0.15, 0.2) is 0 Å². The Kier molecular flexibility index (Phi) is 2.47. The molecule has 0 aliphatic carbocycles. The second-order valence-corrected chi connectivity index (χ2v) is 5.06. The molecule has 0 bridgehead atoms. The van der Waals surface area contributed by atoms with Crippen molar-refractivity contribution < 1.29 is 9.21 Å². The number of rotatable bonds is 2. The first-order chi connectivity index (χ1) is 10.3. The number of amides is 1. The highest BCUT2D eigenvalue weighted by Crippen LogP contribution is 2.41. The molecule has 3 heterocycles. The van der Waals surface area contributed by atoms with Gasteiger partial charge >= 0.3 is 0 Å². The zero-order valence-electron chi connectivity index (χ0n) is 11.4. The molecule has 1 aromatic carbocycles. The minimum atomic E-state index is -0.239. The summed E-state index contributed by atoms with van der Waals surface area (Å²) in [6.45, 7) is 0. The Balaban J connectivity index is 1.93. The molecule has 5 heteroatoms. The van der Waals surface area contributed by atoms with Crippen LogP contribution in [-0.4, -0.2) is 28.1 Å². The summed E-state index contributed by atoms with van der Waals surface area (Å²) in [7, 11) is 1.78. The SMILES string of the molecule is CN1C(=O)c2[nH]nc(-c3ccccc3)c2[C@@H]1c1ccco1. The van der Waals surface area contributed by atoms with E-state index in [9.17, 15) is 4.79 Å². The molecule has 4 rings (SSSR count). The maximum atomic E-state index is 12.4. The number of furan rings is 1. The number of hydrogen-bond acceptors (Lipinski definition) is 3. The van der Waals surface area contributed by atoms with E-state index in [1.165, 1.54) is 0 Å². The monoisotopic (exact) mass is 279 g/mol. The second-order valence-electron chi connectivity index (χ2n) is 5.06. The van der Waals surface area contributed by atoms with Crippen LogP contribution >= 0.6 is 0 Å². The van der Waals surface area contributed by atoms with Gasteiger partial charge in [-0.05, 0) is 12.1 Å². The van der Waals surface area contributed by atoms with Crippen molar-refractivity contribution in [2.45, 2.75) is 6.04 Å². The maximum Gasteiger partial charge on any atom is 0.272 e. The van der Waals surface area contributed by atoms with E-state index in [0.29, 0.717) is 5.69 Å². The van der Waals surface area contributed by atoms with Gasteiger partial charge in [0.2, 0.25) is 0 Å². The Hall–Kier alpha value is -2.82. The van der Waals surface area contributed by atoms with Crippen LogP contribution in [0.2, 0.25) is 0 Å². The molecule has 1 amide bonds. The largest absolute Gasteiger partial charge is 0.467 e. The van der Waals surface area contributed by atoms with Crippen LogP contribution in [0.1, 0.15) is 27.9 Å². The highest BCUT2D eigenvalue weighted by Gasteiger charge is 2.41. The molecule has 1 N–H and O–H groups in total. The number of carbonyl (C=O) groups is 1. The highest BCUT2D eigenvalue weighted by atomic mass is 16.3. The Morgan fingerprint density at radius 1 is 1.19 bits per heavy atom. The van der Waals surface area contributed by atoms with Crippen LogP contribution in [0.5, 0.6) is 0 Å². The van der Waals surface area contributed by atoms with Crippen LogP contribution in [0.4, 0.5) is 0 Å². The molecule has 5 nitrogen and oxygen atoms in total. The molecule has 0 spiro atoms. The number of aromatic nitrogens is 2. The van der Waals surface area contributed by atoms with Crippen LogP contribution in [0.3, 0.4) is 0 Å². The van der Waals surface area contributed by atoms with E-state index < -0.39 is 0 Å². The van der Waals surface area contributed by atoms with Crippen molar-refractivity contribution in [3.05, 3.63) is 65.7 Å². The van der Waals surface area contributed by atoms with Crippen LogP contribution in [-0.2, 0) is 0 Å². The van der Waals surface area contributed by atoms with E-state index >= 15 is 0 Å². The summed E-state index contributed by atoms with van der Waals surface area (Å²) in [5.41, 5.74) is 3.20. The van der Waals surface area contributed by atoms with E-state index in [0.717, 1.165) is 22.6 Å². The number of carbonyl (C=O) groups excluding carboxylic acids is 1. The molecule has 104 valence electrons. The fourth-order valence-corrected chi connectivity index (χ4v) is 2.86. The summed E-state index contributed by atoms with van der Waals surface area (Å²) in [5.74, 6) is 0.671. The standard InChI is InChI=1S/C16H13N3O2/c1-19-15(11-8-5-9-21-11)12-13(10-6-3-2-4-7-10)17-18-14(12)16(19)20/h2-9,15H,1H3,(H,17,18)/t15-/m0/s1. The summed E-state index contributed by atoms with van der Waals surface area (Å²) >= 11 is 0. The second kappa shape index (κ2) is 4.34. The fourth-order valence-electron chi connectivity index (χ4n) is 2.86. The summed E-state index contributed by atoms with van der Waals surface area (Å²) < 4.78 is 5.52. The van der Waals surface area contributed by atoms with Gasteiger partial charge < -0.3 is 9.32 Å². The van der Waals surface area contributed by atoms with Crippen molar-refractivity contribution in [1.29, 1.82) is 0 Å². The van der Waals surface area contributed by atoms with E-state index in [1.54, 1.807) is 18.2 Å². The van der Waals surface area contributed by atoms with Crippen LogP contribution < -0.4 is 0 Å². The van der Waals surface area contributed by atoms with E-state index in [1.807, 2.05) is 42.5 Å². The quantitative estimate of drug-likeness (QED) is 0.784. The van der Waals surface area contributed by atoms with Crippen molar-refractivity contribution in [2.24, 2.45) is 0 Å². The van der Waals surface area contributed by atoms with Gasteiger partial charge in [-0.25, -0.2) is 0 Å². The van der Waals surface area contributed by atoms with Gasteiger partial charge in [-0.15, -0.1) is 0 Å². The maximum absolute atomic E-state index is 12.4. The number of benzene rings is 1. The molecule has 1 atom stereocenters. The first-order valence-corrected chi connectivity index (χ1v) is 6.71. The lowest BCUT2D eigenvalue weighted by Gasteiger charge is -2.19. The molecule has 1 aliphatic heterocycles. The summed E-state index contributed by atoms with van der Waals surface area (Å²) in [6.07, 6.45) is 1.62. The Morgan fingerprint density at radius 2 is 2.00 bits per heavy atom. The molecule has 1 aliphatic rings. The zero-order valence-corrected chi connectivity index (χ0v) is 11.4. The molecule has 0 unspecified atom stereocenters. The van der Waals surface area contributed by atoms with Gasteiger partial charge in [-0.2, -0.15) is 5.10 Å². The Labute approximate surface area is 121 Å². The molecule has 3 aromatic rings. The average Bonchev–Trinajstić information content (AvgIpc) is 3.21. The smallest absolute Gasteiger partial charge is 0.272 e. The van der Waals surface area contributed by atoms with Gasteiger partial charge in [0.25, 0.3) is 5.91 Å². The average molecular weight is 279 g/mol. The third kappa shape index (κ3) is 1.64. The molecule has 0 saturated carbocycles. The Bertz CT molecular complexity index is 790. The third-order valence-electron chi connectivity index (χ3n) is 3.86. The number of nitrogens with zero attached hydrogens (tertiary/aromatic N) is 2. The van der Waals surface area contributed by atoms with Crippen molar-refractivity contribution in [1.82, 2.24) is 15.1 Å². The van der Waals surface area contributed by atoms with Crippen LogP contribution in [0.15, 0.2) is 53.1 Å². The van der Waals surface area contributed by atoms with Crippen molar-refractivity contribution in [3.8, 4) is 11.3 Å². The normalized spacial score (nSPS) is 17.3. The first-order valence-electron chi connectivity index (χ1n) is 6.71. The molecular weight excluding hydrogens is 266 g/mol. The number of aromatic amines is 1. The van der Waals surface area contributed by atoms with E-state index in [2.05, 4.69) is 10.2 Å². The minimum Gasteiger partial charge on any atom is -0.467 e. The van der Waals surface area contributed by atoms with Crippen LogP contribution in [0, 0.1) is 0 Å². The van der Waals surface area contributed by atoms with Gasteiger partial charge in [0, 0.05) is 18.2 Å². The molecule has 0 saturated heterocycles. The lowest BCUT2D eigenvalue weighted by Crippen LogP contribution is -2.24. The van der Waals surface area contributed by atoms with Crippen molar-refractivity contribution in [3.63, 3.8) is 0 Å². The summed E-state index contributed by atoms with van der Waals surface area (Å²) in [5, 5.41) is 7.21. The van der Waals surface area contributed by atoms with Gasteiger partial charge in [-0.3, -0.25) is 9.89 Å². The molecule has 21 heavy (non-hydrogen) atoms. The number of nitrogens with one attached hydrogen (secondary N) is 1. The Morgan fingerprint density at radius 3 is 2.71 bits per heavy atom. The molecule has 2 aromatic heterocycles. The third-order valence-corrected chi connectivity index (χ3v) is 3.86. The van der Waals surface area contributed by atoms with Gasteiger partial charge in [0.1, 0.15) is 17.5 Å². The van der Waals surface area contributed by atoms with E-state index in [-0.39, 0.29) is 11.9 Å². The fraction of sp³-hybridized carbons (Fsp3) is 0.125. The zero-order chi connectivity index (χ0) is 14.4. The predicted molar refractivity (Wildman–Crippen MR) is 76.7 cm³/mol. The first kappa shape index (κ1) is 12.0. The number of fused-ring (bicyclic) bond motifs is 1. The topological polar surface area (TPSA) is 62.1 Å². The summed E-state index contributed by atoms with van der Waals surface area (Å²) in [4.78, 5) is 14.0. The summed E-state index contributed by atoms with van der Waals surface area (Å²) in [6, 6.07) is 13.3. The van der Waals surface area contributed by atoms with Crippen LogP contribution in [0.25, 0.3) is 11.3 Å². The van der Waals surface area contributed by atoms with Crippen molar-refractivity contribution in [2.75, 3.05) is 7.05 Å². The van der Waals surface area contributed by atoms with Gasteiger partial charge in [-0.1, -0.05) is 30.3 Å². The number of H-pyrrole nitrogens is 1.